The van der Waals surface area contributed by atoms with Gasteiger partial charge in [0.05, 0.1) is 13.2 Å². The van der Waals surface area contributed by atoms with Crippen molar-refractivity contribution in [1.29, 1.82) is 0 Å². The highest BCUT2D eigenvalue weighted by Gasteiger charge is 2.20. The van der Waals surface area contributed by atoms with E-state index in [9.17, 15) is 9.59 Å². The molecule has 7 nitrogen and oxygen atoms in total. The van der Waals surface area contributed by atoms with Gasteiger partial charge in [-0.05, 0) is 18.2 Å². The minimum atomic E-state index is -0.332. The summed E-state index contributed by atoms with van der Waals surface area (Å²) in [4.78, 5) is 29.3. The third kappa shape index (κ3) is 3.66. The number of rotatable bonds is 5. The van der Waals surface area contributed by atoms with Crippen molar-refractivity contribution in [1.82, 2.24) is 9.97 Å². The van der Waals surface area contributed by atoms with Gasteiger partial charge in [0.1, 0.15) is 21.5 Å². The summed E-state index contributed by atoms with van der Waals surface area (Å²) in [5.74, 6) is 0.612. The van der Waals surface area contributed by atoms with Gasteiger partial charge in [-0.3, -0.25) is 9.59 Å². The lowest BCUT2D eigenvalue weighted by molar-refractivity contribution is -0.141. The fraction of sp³-hybridized carbons (Fsp3) is 0.235. The van der Waals surface area contributed by atoms with E-state index in [4.69, 9.17) is 25.8 Å². The van der Waals surface area contributed by atoms with Gasteiger partial charge in [0.15, 0.2) is 5.75 Å². The van der Waals surface area contributed by atoms with Crippen LogP contribution in [0.4, 0.5) is 0 Å². The second kappa shape index (κ2) is 6.98. The van der Waals surface area contributed by atoms with Crippen LogP contribution in [0.25, 0.3) is 12.7 Å². The Bertz CT molecular complexity index is 999. The molecule has 3 rings (SSSR count). The number of esters is 1. The Labute approximate surface area is 147 Å². The number of carbonyl (C=O) groups is 1. The quantitative estimate of drug-likeness (QED) is 0.540. The van der Waals surface area contributed by atoms with Gasteiger partial charge in [-0.2, -0.15) is 4.98 Å². The molecule has 0 radical (unpaired) electrons. The molecule has 0 unspecified atom stereocenters. The van der Waals surface area contributed by atoms with Crippen molar-refractivity contribution < 1.29 is 19.0 Å². The molecule has 0 fully saturated rings. The van der Waals surface area contributed by atoms with Crippen molar-refractivity contribution >= 4 is 30.2 Å². The lowest BCUT2D eigenvalue weighted by Gasteiger charge is -2.17. The SMILES string of the molecule is C=c1nc2c(c(=O)[nH]1)=Cc1ccc(OCCCOC(C)=O)c(Cl)c1O2. The number of fused-ring (bicyclic) bond motifs is 2. The number of halogens is 1. The summed E-state index contributed by atoms with van der Waals surface area (Å²) in [5.41, 5.74) is 0.519. The summed E-state index contributed by atoms with van der Waals surface area (Å²) in [6, 6.07) is 3.43. The summed E-state index contributed by atoms with van der Waals surface area (Å²) in [5, 5.41) is 0.589. The zero-order valence-electron chi connectivity index (χ0n) is 13.4. The van der Waals surface area contributed by atoms with Crippen LogP contribution >= 0.6 is 11.6 Å². The van der Waals surface area contributed by atoms with Crippen molar-refractivity contribution in [3.8, 4) is 17.4 Å². The molecule has 2 aromatic rings. The molecular formula is C17H15ClN2O5. The van der Waals surface area contributed by atoms with Gasteiger partial charge in [-0.15, -0.1) is 0 Å². The lowest BCUT2D eigenvalue weighted by Crippen LogP contribution is -2.37. The largest absolute Gasteiger partial charge is 0.492 e. The molecule has 1 aliphatic rings. The molecule has 130 valence electrons. The minimum absolute atomic E-state index is 0.148. The standard InChI is InChI=1S/C17H15ClN2O5/c1-9-19-16(22)12-8-11-4-5-13(24-7-3-6-23-10(2)21)14(18)15(11)25-17(12)20-9/h4-5,8H,1,3,6-7H2,2H3,(H,19,22). The lowest BCUT2D eigenvalue weighted by atomic mass is 10.1. The third-order valence-electron chi connectivity index (χ3n) is 3.41. The van der Waals surface area contributed by atoms with E-state index in [2.05, 4.69) is 16.5 Å². The van der Waals surface area contributed by atoms with Crippen molar-refractivity contribution in [3.05, 3.63) is 43.8 Å². The van der Waals surface area contributed by atoms with Crippen LogP contribution in [-0.2, 0) is 9.53 Å². The second-order valence-electron chi connectivity index (χ2n) is 5.32. The monoisotopic (exact) mass is 362 g/mol. The molecule has 0 bridgehead atoms. The fourth-order valence-corrected chi connectivity index (χ4v) is 2.57. The van der Waals surface area contributed by atoms with Gasteiger partial charge in [0.25, 0.3) is 5.56 Å². The Hall–Kier alpha value is -2.80. The summed E-state index contributed by atoms with van der Waals surface area (Å²) in [6.45, 7) is 5.55. The van der Waals surface area contributed by atoms with Crippen LogP contribution < -0.4 is 25.7 Å². The first-order valence-corrected chi connectivity index (χ1v) is 7.91. The number of hydrogen-bond acceptors (Lipinski definition) is 6. The number of carbonyl (C=O) groups excluding carboxylic acids is 1. The number of aromatic amines is 1. The average molecular weight is 363 g/mol. The maximum absolute atomic E-state index is 12.0. The number of H-pyrrole nitrogens is 1. The molecule has 1 aliphatic heterocycles. The first-order valence-electron chi connectivity index (χ1n) is 7.53. The number of nitrogens with zero attached hydrogens (tertiary/aromatic N) is 1. The van der Waals surface area contributed by atoms with Gasteiger partial charge < -0.3 is 19.2 Å². The van der Waals surface area contributed by atoms with E-state index >= 15 is 0 Å². The van der Waals surface area contributed by atoms with Gasteiger partial charge in [-0.25, -0.2) is 0 Å². The van der Waals surface area contributed by atoms with E-state index in [1.165, 1.54) is 6.92 Å². The molecule has 2 heterocycles. The smallest absolute Gasteiger partial charge is 0.302 e. The summed E-state index contributed by atoms with van der Waals surface area (Å²) in [7, 11) is 0. The zero-order chi connectivity index (χ0) is 18.0. The van der Waals surface area contributed by atoms with Gasteiger partial charge in [0, 0.05) is 18.9 Å². The predicted octanol–water partition coefficient (Wildman–Crippen LogP) is 1.10. The molecule has 0 spiro atoms. The van der Waals surface area contributed by atoms with E-state index < -0.39 is 0 Å². The molecule has 1 aromatic heterocycles. The molecule has 25 heavy (non-hydrogen) atoms. The number of benzene rings is 1. The van der Waals surface area contributed by atoms with E-state index in [1.54, 1.807) is 18.2 Å². The van der Waals surface area contributed by atoms with Crippen LogP contribution in [-0.4, -0.2) is 29.2 Å². The highest BCUT2D eigenvalue weighted by molar-refractivity contribution is 6.33. The highest BCUT2D eigenvalue weighted by atomic mass is 35.5. The van der Waals surface area contributed by atoms with E-state index in [0.717, 1.165) is 0 Å². The van der Waals surface area contributed by atoms with Crippen molar-refractivity contribution in [2.24, 2.45) is 0 Å². The highest BCUT2D eigenvalue weighted by Crippen LogP contribution is 2.40. The average Bonchev–Trinajstić information content (AvgIpc) is 2.55. The van der Waals surface area contributed by atoms with E-state index in [0.29, 0.717) is 35.3 Å². The van der Waals surface area contributed by atoms with Crippen LogP contribution in [0.15, 0.2) is 16.9 Å². The number of hydrogen-bond donors (Lipinski definition) is 1. The molecule has 0 atom stereocenters. The van der Waals surface area contributed by atoms with Crippen LogP contribution in [0, 0.1) is 0 Å². The van der Waals surface area contributed by atoms with Crippen molar-refractivity contribution in [2.75, 3.05) is 13.2 Å². The van der Waals surface area contributed by atoms with Crippen LogP contribution in [0.2, 0.25) is 5.02 Å². The molecule has 0 aliphatic carbocycles. The van der Waals surface area contributed by atoms with Gasteiger partial charge in [0.2, 0.25) is 5.88 Å². The Morgan fingerprint density at radius 3 is 2.96 bits per heavy atom. The third-order valence-corrected chi connectivity index (χ3v) is 3.77. The summed E-state index contributed by atoms with van der Waals surface area (Å²) < 4.78 is 16.1. The van der Waals surface area contributed by atoms with Gasteiger partial charge in [-0.1, -0.05) is 18.2 Å². The number of ether oxygens (including phenoxy) is 3. The van der Waals surface area contributed by atoms with Crippen molar-refractivity contribution in [3.63, 3.8) is 0 Å². The normalized spacial score (nSPS) is 11.6. The summed E-state index contributed by atoms with van der Waals surface area (Å²) >= 11 is 6.35. The molecule has 0 saturated carbocycles. The Kier molecular flexibility index (Phi) is 4.76. The minimum Gasteiger partial charge on any atom is -0.492 e. The molecule has 0 amide bonds. The molecule has 1 N–H and O–H groups in total. The molecular weight excluding hydrogens is 348 g/mol. The fourth-order valence-electron chi connectivity index (χ4n) is 2.30. The topological polar surface area (TPSA) is 90.5 Å². The Morgan fingerprint density at radius 2 is 2.20 bits per heavy atom. The maximum Gasteiger partial charge on any atom is 0.302 e. The van der Waals surface area contributed by atoms with Crippen LogP contribution in [0.5, 0.6) is 17.4 Å². The van der Waals surface area contributed by atoms with Gasteiger partial charge >= 0.3 is 5.97 Å². The number of aromatic nitrogens is 2. The summed E-state index contributed by atoms with van der Waals surface area (Å²) in [6.07, 6.45) is 2.18. The van der Waals surface area contributed by atoms with Crippen LogP contribution in [0.3, 0.4) is 0 Å². The Morgan fingerprint density at radius 1 is 1.40 bits per heavy atom. The van der Waals surface area contributed by atoms with Crippen LogP contribution in [0.1, 0.15) is 18.9 Å². The molecule has 1 aromatic carbocycles. The number of nitrogens with one attached hydrogen (secondary N) is 1. The zero-order valence-corrected chi connectivity index (χ0v) is 14.2. The van der Waals surface area contributed by atoms with E-state index in [1.807, 2.05) is 0 Å². The molecule has 8 heteroatoms. The Balaban J connectivity index is 1.82. The first kappa shape index (κ1) is 17.0. The predicted molar refractivity (Wildman–Crippen MR) is 91.5 cm³/mol. The van der Waals surface area contributed by atoms with E-state index in [-0.39, 0.29) is 34.5 Å². The van der Waals surface area contributed by atoms with Crippen molar-refractivity contribution in [2.45, 2.75) is 13.3 Å². The first-order chi connectivity index (χ1) is 12.0. The maximum atomic E-state index is 12.0. The second-order valence-corrected chi connectivity index (χ2v) is 5.69. The molecule has 0 saturated heterocycles.